The van der Waals surface area contributed by atoms with Crippen molar-refractivity contribution in [2.45, 2.75) is 46.1 Å². The lowest BCUT2D eigenvalue weighted by molar-refractivity contribution is 0.625. The van der Waals surface area contributed by atoms with Crippen LogP contribution in [0.15, 0.2) is 55.1 Å². The second-order valence-corrected chi connectivity index (χ2v) is 6.50. The molecule has 0 spiro atoms. The zero-order valence-electron chi connectivity index (χ0n) is 15.1. The van der Waals surface area contributed by atoms with Gasteiger partial charge in [-0.1, -0.05) is 56.7 Å². The van der Waals surface area contributed by atoms with Crippen LogP contribution in [0.5, 0.6) is 0 Å². The molecule has 0 aliphatic rings. The van der Waals surface area contributed by atoms with E-state index in [2.05, 4.69) is 50.4 Å². The second-order valence-electron chi connectivity index (χ2n) is 6.50. The van der Waals surface area contributed by atoms with Crippen molar-refractivity contribution in [3.05, 3.63) is 72.1 Å². The Kier molecular flexibility index (Phi) is 6.60. The Balaban J connectivity index is 2.34. The molecule has 0 saturated carbocycles. The molecule has 0 radical (unpaired) electrons. The normalized spacial score (nSPS) is 10.9. The highest BCUT2D eigenvalue weighted by atomic mass is 19.1. The van der Waals surface area contributed by atoms with E-state index in [1.165, 1.54) is 37.1 Å². The Morgan fingerprint density at radius 1 is 1.04 bits per heavy atom. The van der Waals surface area contributed by atoms with Gasteiger partial charge in [0.25, 0.3) is 0 Å². The van der Waals surface area contributed by atoms with Gasteiger partial charge in [0.05, 0.1) is 0 Å². The molecular formula is C22H28FN. The number of hydrogen-bond donors (Lipinski definition) is 0. The fourth-order valence-corrected chi connectivity index (χ4v) is 2.97. The smallest absolute Gasteiger partial charge is 0.123 e. The number of rotatable bonds is 8. The number of benzene rings is 2. The Bertz CT molecular complexity index is 658. The largest absolute Gasteiger partial charge is 0.369 e. The van der Waals surface area contributed by atoms with Gasteiger partial charge in [0.15, 0.2) is 0 Å². The highest BCUT2D eigenvalue weighted by Crippen LogP contribution is 2.32. The Labute approximate surface area is 145 Å². The zero-order chi connectivity index (χ0) is 17.5. The minimum absolute atomic E-state index is 0.219. The van der Waals surface area contributed by atoms with Crippen LogP contribution in [0.3, 0.4) is 0 Å². The molecule has 0 aromatic heterocycles. The maximum Gasteiger partial charge on any atom is 0.123 e. The molecule has 0 unspecified atom stereocenters. The lowest BCUT2D eigenvalue weighted by Crippen LogP contribution is -2.32. The number of hydrogen-bond acceptors (Lipinski definition) is 1. The molecule has 0 aliphatic heterocycles. The third-order valence-electron chi connectivity index (χ3n) is 4.36. The van der Waals surface area contributed by atoms with Crippen molar-refractivity contribution in [2.75, 3.05) is 11.4 Å². The summed E-state index contributed by atoms with van der Waals surface area (Å²) in [5, 5.41) is 0. The van der Waals surface area contributed by atoms with Crippen molar-refractivity contribution >= 4 is 11.3 Å². The van der Waals surface area contributed by atoms with E-state index >= 15 is 0 Å². The van der Waals surface area contributed by atoms with Crippen molar-refractivity contribution in [3.63, 3.8) is 0 Å². The molecular weight excluding hydrogens is 297 g/mol. The summed E-state index contributed by atoms with van der Waals surface area (Å²) < 4.78 is 13.2. The molecule has 0 N–H and O–H groups in total. The molecule has 0 amide bonds. The van der Waals surface area contributed by atoms with E-state index in [1.54, 1.807) is 12.1 Å². The van der Waals surface area contributed by atoms with Crippen molar-refractivity contribution in [1.82, 2.24) is 0 Å². The summed E-state index contributed by atoms with van der Waals surface area (Å²) in [6.07, 6.45) is 3.65. The molecule has 0 saturated heterocycles. The summed E-state index contributed by atoms with van der Waals surface area (Å²) in [7, 11) is 0. The van der Waals surface area contributed by atoms with Gasteiger partial charge >= 0.3 is 0 Å². The highest BCUT2D eigenvalue weighted by Gasteiger charge is 2.16. The van der Waals surface area contributed by atoms with Gasteiger partial charge in [-0.05, 0) is 49.6 Å². The van der Waals surface area contributed by atoms with Crippen molar-refractivity contribution in [1.29, 1.82) is 0 Å². The molecule has 2 aromatic rings. The topological polar surface area (TPSA) is 3.24 Å². The molecule has 2 heteroatoms. The van der Waals surface area contributed by atoms with Crippen molar-refractivity contribution in [3.8, 4) is 0 Å². The van der Waals surface area contributed by atoms with Crippen molar-refractivity contribution in [2.24, 2.45) is 0 Å². The first-order chi connectivity index (χ1) is 11.5. The molecule has 0 aliphatic carbocycles. The zero-order valence-corrected chi connectivity index (χ0v) is 15.1. The summed E-state index contributed by atoms with van der Waals surface area (Å²) in [4.78, 5) is 2.44. The quantitative estimate of drug-likeness (QED) is 0.515. The molecule has 128 valence electrons. The van der Waals surface area contributed by atoms with Crippen LogP contribution in [-0.2, 0) is 0 Å². The molecule has 0 atom stereocenters. The van der Waals surface area contributed by atoms with E-state index in [-0.39, 0.29) is 5.82 Å². The number of anilines is 1. The standard InChI is InChI=1S/C22H28FN/c1-5-6-9-16-24(17(2)3)22-11-8-7-10-21(22)18(4)19-12-14-20(23)15-13-19/h7-8,10-15,17H,4-6,9,16H2,1-3H3. The maximum absolute atomic E-state index is 13.2. The molecule has 0 fully saturated rings. The molecule has 0 bridgehead atoms. The lowest BCUT2D eigenvalue weighted by atomic mass is 9.97. The third kappa shape index (κ3) is 4.47. The molecule has 2 rings (SSSR count). The van der Waals surface area contributed by atoms with Gasteiger partial charge in [-0.3, -0.25) is 0 Å². The Hall–Kier alpha value is -2.09. The maximum atomic E-state index is 13.2. The first-order valence-electron chi connectivity index (χ1n) is 8.85. The number of para-hydroxylation sites is 1. The van der Waals surface area contributed by atoms with Crippen LogP contribution in [0.25, 0.3) is 5.57 Å². The van der Waals surface area contributed by atoms with Gasteiger partial charge in [0, 0.05) is 23.8 Å². The monoisotopic (exact) mass is 325 g/mol. The summed E-state index contributed by atoms with van der Waals surface area (Å²) in [5.74, 6) is -0.219. The predicted octanol–water partition coefficient (Wildman–Crippen LogP) is 6.29. The molecule has 0 heterocycles. The van der Waals surface area contributed by atoms with Crippen LogP contribution in [0, 0.1) is 5.82 Å². The van der Waals surface area contributed by atoms with Crippen LogP contribution in [0.1, 0.15) is 51.2 Å². The number of nitrogens with zero attached hydrogens (tertiary/aromatic N) is 1. The van der Waals surface area contributed by atoms with Gasteiger partial charge < -0.3 is 4.90 Å². The SMILES string of the molecule is C=C(c1ccc(F)cc1)c1ccccc1N(CCCCC)C(C)C. The fourth-order valence-electron chi connectivity index (χ4n) is 2.97. The lowest BCUT2D eigenvalue weighted by Gasteiger charge is -2.31. The Morgan fingerprint density at radius 2 is 1.71 bits per heavy atom. The minimum Gasteiger partial charge on any atom is -0.369 e. The van der Waals surface area contributed by atoms with Gasteiger partial charge in [0.1, 0.15) is 5.82 Å². The summed E-state index contributed by atoms with van der Waals surface area (Å²) in [6, 6.07) is 15.4. The van der Waals surface area contributed by atoms with Gasteiger partial charge in [-0.15, -0.1) is 0 Å². The van der Waals surface area contributed by atoms with Crippen LogP contribution in [-0.4, -0.2) is 12.6 Å². The highest BCUT2D eigenvalue weighted by molar-refractivity contribution is 5.85. The summed E-state index contributed by atoms with van der Waals surface area (Å²) in [6.45, 7) is 12.0. The van der Waals surface area contributed by atoms with Gasteiger partial charge in [-0.25, -0.2) is 4.39 Å². The van der Waals surface area contributed by atoms with Crippen LogP contribution in [0.2, 0.25) is 0 Å². The van der Waals surface area contributed by atoms with Crippen LogP contribution >= 0.6 is 0 Å². The first-order valence-corrected chi connectivity index (χ1v) is 8.85. The van der Waals surface area contributed by atoms with E-state index < -0.39 is 0 Å². The van der Waals surface area contributed by atoms with E-state index in [0.717, 1.165) is 23.2 Å². The van der Waals surface area contributed by atoms with E-state index in [1.807, 2.05) is 6.07 Å². The average molecular weight is 325 g/mol. The fraction of sp³-hybridized carbons (Fsp3) is 0.364. The predicted molar refractivity (Wildman–Crippen MR) is 103 cm³/mol. The molecule has 1 nitrogen and oxygen atoms in total. The summed E-state index contributed by atoms with van der Waals surface area (Å²) >= 11 is 0. The van der Waals surface area contributed by atoms with Gasteiger partial charge in [0.2, 0.25) is 0 Å². The number of unbranched alkanes of at least 4 members (excludes halogenated alkanes) is 2. The Morgan fingerprint density at radius 3 is 2.33 bits per heavy atom. The first kappa shape index (κ1) is 18.3. The third-order valence-corrected chi connectivity index (χ3v) is 4.36. The summed E-state index contributed by atoms with van der Waals surface area (Å²) in [5.41, 5.74) is 4.22. The molecule has 2 aromatic carbocycles. The number of halogens is 1. The second kappa shape index (κ2) is 8.68. The minimum atomic E-state index is -0.219. The van der Waals surface area contributed by atoms with Crippen LogP contribution < -0.4 is 4.90 Å². The van der Waals surface area contributed by atoms with Crippen molar-refractivity contribution < 1.29 is 4.39 Å². The average Bonchev–Trinajstić information content (AvgIpc) is 2.58. The van der Waals surface area contributed by atoms with E-state index in [0.29, 0.717) is 6.04 Å². The molecule has 24 heavy (non-hydrogen) atoms. The van der Waals surface area contributed by atoms with E-state index in [4.69, 9.17) is 0 Å². The van der Waals surface area contributed by atoms with Crippen LogP contribution in [0.4, 0.5) is 10.1 Å². The van der Waals surface area contributed by atoms with E-state index in [9.17, 15) is 4.39 Å². The van der Waals surface area contributed by atoms with Gasteiger partial charge in [-0.2, -0.15) is 0 Å².